The maximum absolute atomic E-state index is 13.4. The van der Waals surface area contributed by atoms with Gasteiger partial charge in [-0.1, -0.05) is 0 Å². The van der Waals surface area contributed by atoms with Gasteiger partial charge in [0, 0.05) is 30.8 Å². The van der Waals surface area contributed by atoms with Crippen LogP contribution < -0.4 is 4.74 Å². The number of halogens is 1. The van der Waals surface area contributed by atoms with Crippen molar-refractivity contribution in [2.24, 2.45) is 11.8 Å². The number of rotatable bonds is 5. The maximum Gasteiger partial charge on any atom is 0.249 e. The molecule has 7 nitrogen and oxygen atoms in total. The Morgan fingerprint density at radius 1 is 1.16 bits per heavy atom. The highest BCUT2D eigenvalue weighted by atomic mass is 19.1. The smallest absolute Gasteiger partial charge is 0.249 e. The third-order valence-electron chi connectivity index (χ3n) is 6.14. The van der Waals surface area contributed by atoms with Crippen molar-refractivity contribution in [3.63, 3.8) is 0 Å². The van der Waals surface area contributed by atoms with E-state index in [1.165, 1.54) is 29.5 Å². The van der Waals surface area contributed by atoms with E-state index in [1.54, 1.807) is 12.3 Å². The molecule has 1 aromatic carbocycles. The van der Waals surface area contributed by atoms with Gasteiger partial charge < -0.3 is 4.74 Å². The summed E-state index contributed by atoms with van der Waals surface area (Å²) in [5.74, 6) is 0.0712. The summed E-state index contributed by atoms with van der Waals surface area (Å²) in [4.78, 5) is 22.9. The molecule has 1 aliphatic heterocycles. The van der Waals surface area contributed by atoms with Gasteiger partial charge in [0.15, 0.2) is 0 Å². The highest BCUT2D eigenvalue weighted by Gasteiger charge is 2.37. The topological polar surface area (TPSA) is 99.2 Å². The van der Waals surface area contributed by atoms with E-state index in [0.29, 0.717) is 36.9 Å². The molecule has 2 heterocycles. The van der Waals surface area contributed by atoms with Gasteiger partial charge in [-0.2, -0.15) is 10.5 Å². The molecule has 1 amide bonds. The third-order valence-corrected chi connectivity index (χ3v) is 6.14. The Morgan fingerprint density at radius 2 is 1.97 bits per heavy atom. The van der Waals surface area contributed by atoms with Crippen molar-refractivity contribution in [3.05, 3.63) is 59.2 Å². The lowest BCUT2D eigenvalue weighted by atomic mass is 9.81. The van der Waals surface area contributed by atoms with E-state index in [2.05, 4.69) is 11.1 Å². The molecule has 4 rings (SSSR count). The fraction of sp³-hybridized carbons (Fsp3) is 0.417. The van der Waals surface area contributed by atoms with Crippen LogP contribution in [0.1, 0.15) is 54.8 Å². The zero-order valence-corrected chi connectivity index (χ0v) is 17.5. The molecule has 1 aliphatic carbocycles. The molecule has 2 aliphatic rings. The van der Waals surface area contributed by atoms with Crippen LogP contribution in [-0.4, -0.2) is 29.2 Å². The van der Waals surface area contributed by atoms with Crippen LogP contribution in [0.3, 0.4) is 0 Å². The normalized spacial score (nSPS) is 22.7. The first-order valence-corrected chi connectivity index (χ1v) is 10.7. The summed E-state index contributed by atoms with van der Waals surface area (Å²) in [7, 11) is 0. The molecule has 2 aromatic rings. The van der Waals surface area contributed by atoms with Crippen LogP contribution >= 0.6 is 0 Å². The summed E-state index contributed by atoms with van der Waals surface area (Å²) in [5, 5.41) is 19.5. The Morgan fingerprint density at radius 3 is 2.72 bits per heavy atom. The van der Waals surface area contributed by atoms with Crippen LogP contribution in [0, 0.1) is 40.3 Å². The van der Waals surface area contributed by atoms with Crippen molar-refractivity contribution in [1.82, 2.24) is 10.0 Å². The van der Waals surface area contributed by atoms with Gasteiger partial charge in [0.2, 0.25) is 5.91 Å². The standard InChI is InChI=1S/C24H23FN4O3/c25-22-6-5-21(10-19(22)12-27)31-15-16-1-3-18(4-2-16)24(30)29-23(7-8-32-29)20-9-17(11-26)13-28-14-20/h5-6,9-10,13-14,16,18,23H,1-4,7-8,15H2/t16-,18-,23-/m0/s1. The molecule has 1 aromatic heterocycles. The Balaban J connectivity index is 1.31. The second-order valence-electron chi connectivity index (χ2n) is 8.20. The predicted octanol–water partition coefficient (Wildman–Crippen LogP) is 4.05. The zero-order valence-electron chi connectivity index (χ0n) is 17.5. The van der Waals surface area contributed by atoms with Crippen molar-refractivity contribution >= 4 is 5.91 Å². The van der Waals surface area contributed by atoms with E-state index in [1.807, 2.05) is 6.07 Å². The molecule has 0 spiro atoms. The van der Waals surface area contributed by atoms with Gasteiger partial charge in [-0.05, 0) is 55.4 Å². The van der Waals surface area contributed by atoms with Gasteiger partial charge in [0.1, 0.15) is 23.7 Å². The molecule has 1 atom stereocenters. The molecule has 1 saturated carbocycles. The van der Waals surface area contributed by atoms with Crippen LogP contribution in [0.25, 0.3) is 0 Å². The maximum atomic E-state index is 13.4. The van der Waals surface area contributed by atoms with E-state index in [-0.39, 0.29) is 23.4 Å². The van der Waals surface area contributed by atoms with E-state index < -0.39 is 5.82 Å². The number of hydrogen-bond acceptors (Lipinski definition) is 6. The second kappa shape index (κ2) is 9.76. The summed E-state index contributed by atoms with van der Waals surface area (Å²) in [5.41, 5.74) is 1.24. The molecule has 32 heavy (non-hydrogen) atoms. The van der Waals surface area contributed by atoms with E-state index >= 15 is 0 Å². The number of hydroxylamine groups is 2. The number of nitriles is 2. The number of aromatic nitrogens is 1. The molecule has 1 saturated heterocycles. The first kappa shape index (κ1) is 21.7. The lowest BCUT2D eigenvalue weighted by molar-refractivity contribution is -0.183. The second-order valence-corrected chi connectivity index (χ2v) is 8.20. The van der Waals surface area contributed by atoms with Crippen molar-refractivity contribution in [2.45, 2.75) is 38.1 Å². The molecular formula is C24H23FN4O3. The Labute approximate surface area is 185 Å². The number of carbonyl (C=O) groups is 1. The summed E-state index contributed by atoms with van der Waals surface area (Å²) < 4.78 is 19.2. The highest BCUT2D eigenvalue weighted by molar-refractivity contribution is 5.78. The lowest BCUT2D eigenvalue weighted by Gasteiger charge is -2.31. The molecule has 0 bridgehead atoms. The average Bonchev–Trinajstić information content (AvgIpc) is 3.33. The minimum atomic E-state index is -0.559. The van der Waals surface area contributed by atoms with E-state index in [9.17, 15) is 9.18 Å². The summed E-state index contributed by atoms with van der Waals surface area (Å²) in [6.07, 6.45) is 7.02. The van der Waals surface area contributed by atoms with Gasteiger partial charge in [0.05, 0.1) is 30.4 Å². The summed E-state index contributed by atoms with van der Waals surface area (Å²) >= 11 is 0. The summed E-state index contributed by atoms with van der Waals surface area (Å²) in [6.45, 7) is 0.922. The van der Waals surface area contributed by atoms with Crippen molar-refractivity contribution < 1.29 is 18.8 Å². The van der Waals surface area contributed by atoms with Crippen LogP contribution in [0.5, 0.6) is 5.75 Å². The SMILES string of the molecule is N#Cc1cncc([C@@H]2CCON2C(=O)[C@H]2CC[C@H](COc3ccc(F)c(C#N)c3)CC2)c1. The zero-order chi connectivity index (χ0) is 22.5. The molecular weight excluding hydrogens is 411 g/mol. The largest absolute Gasteiger partial charge is 0.493 e. The molecule has 0 radical (unpaired) electrons. The Kier molecular flexibility index (Phi) is 6.63. The molecule has 164 valence electrons. The van der Waals surface area contributed by atoms with E-state index in [4.69, 9.17) is 20.1 Å². The minimum absolute atomic E-state index is 0.0218. The van der Waals surface area contributed by atoms with Gasteiger partial charge in [0.25, 0.3) is 0 Å². The lowest BCUT2D eigenvalue weighted by Crippen LogP contribution is -2.37. The molecule has 0 N–H and O–H groups in total. The van der Waals surface area contributed by atoms with Crippen molar-refractivity contribution in [3.8, 4) is 17.9 Å². The number of ether oxygens (including phenoxy) is 1. The number of hydrogen-bond donors (Lipinski definition) is 0. The van der Waals surface area contributed by atoms with Crippen LogP contribution in [0.15, 0.2) is 36.7 Å². The quantitative estimate of drug-likeness (QED) is 0.704. The Hall–Kier alpha value is -3.49. The highest BCUT2D eigenvalue weighted by Crippen LogP contribution is 2.36. The fourth-order valence-electron chi connectivity index (χ4n) is 4.34. The average molecular weight is 434 g/mol. The van der Waals surface area contributed by atoms with Crippen molar-refractivity contribution in [2.75, 3.05) is 13.2 Å². The Bertz CT molecular complexity index is 1070. The summed E-state index contributed by atoms with van der Waals surface area (Å²) in [6, 6.07) is 9.59. The molecule has 8 heteroatoms. The van der Waals surface area contributed by atoms with Crippen LogP contribution in [0.4, 0.5) is 4.39 Å². The molecule has 2 fully saturated rings. The third kappa shape index (κ3) is 4.71. The van der Waals surface area contributed by atoms with Crippen molar-refractivity contribution in [1.29, 1.82) is 10.5 Å². The predicted molar refractivity (Wildman–Crippen MR) is 111 cm³/mol. The van der Waals surface area contributed by atoms with Gasteiger partial charge in [-0.15, -0.1) is 0 Å². The van der Waals surface area contributed by atoms with Gasteiger partial charge in [-0.25, -0.2) is 9.45 Å². The van der Waals surface area contributed by atoms with Gasteiger partial charge in [-0.3, -0.25) is 14.6 Å². The number of carbonyl (C=O) groups excluding carboxylic acids is 1. The van der Waals surface area contributed by atoms with Crippen LogP contribution in [0.2, 0.25) is 0 Å². The molecule has 0 unspecified atom stereocenters. The number of nitrogens with zero attached hydrogens (tertiary/aromatic N) is 4. The number of benzene rings is 1. The monoisotopic (exact) mass is 434 g/mol. The fourth-order valence-corrected chi connectivity index (χ4v) is 4.34. The first-order chi connectivity index (χ1) is 15.6. The van der Waals surface area contributed by atoms with E-state index in [0.717, 1.165) is 31.2 Å². The van der Waals surface area contributed by atoms with Crippen LogP contribution in [-0.2, 0) is 9.63 Å². The number of pyridine rings is 1. The number of amides is 1. The first-order valence-electron chi connectivity index (χ1n) is 10.7. The van der Waals surface area contributed by atoms with Gasteiger partial charge >= 0.3 is 0 Å². The minimum Gasteiger partial charge on any atom is -0.493 e.